The van der Waals surface area contributed by atoms with Crippen molar-refractivity contribution >= 4 is 50.5 Å². The Bertz CT molecular complexity index is 1300. The first-order chi connectivity index (χ1) is 16.7. The number of sulfonamides is 1. The largest absolute Gasteiger partial charge is 0.368 e. The smallest absolute Gasteiger partial charge is 0.264 e. The van der Waals surface area contributed by atoms with Gasteiger partial charge in [-0.15, -0.1) is 0 Å². The Kier molecular flexibility index (Phi) is 7.59. The van der Waals surface area contributed by atoms with Crippen molar-refractivity contribution in [3.8, 4) is 0 Å². The van der Waals surface area contributed by atoms with Gasteiger partial charge in [-0.3, -0.25) is 9.10 Å². The molecule has 35 heavy (non-hydrogen) atoms. The van der Waals surface area contributed by atoms with Crippen LogP contribution in [0, 0.1) is 13.8 Å². The van der Waals surface area contributed by atoms with Crippen LogP contribution in [-0.2, 0) is 14.8 Å². The van der Waals surface area contributed by atoms with Crippen LogP contribution in [0.5, 0.6) is 0 Å². The Morgan fingerprint density at radius 1 is 0.886 bits per heavy atom. The van der Waals surface area contributed by atoms with E-state index in [-0.39, 0.29) is 33.1 Å². The molecule has 0 spiro atoms. The number of hydrogen-bond donors (Lipinski definition) is 0. The van der Waals surface area contributed by atoms with Gasteiger partial charge in [0.05, 0.1) is 10.6 Å². The SMILES string of the molecule is Cc1cccc(N2CCN(C(=O)CN(c3cc(Cl)cc(Cl)c3)S(=O)(=O)c3ccccc3)CC2)c1C. The fourth-order valence-electron chi connectivity index (χ4n) is 4.22. The lowest BCUT2D eigenvalue weighted by Gasteiger charge is -2.38. The van der Waals surface area contributed by atoms with Gasteiger partial charge < -0.3 is 9.80 Å². The number of hydrogen-bond acceptors (Lipinski definition) is 4. The number of carbonyl (C=O) groups excluding carboxylic acids is 1. The topological polar surface area (TPSA) is 60.9 Å². The van der Waals surface area contributed by atoms with Crippen molar-refractivity contribution in [3.05, 3.63) is 87.9 Å². The third kappa shape index (κ3) is 5.58. The summed E-state index contributed by atoms with van der Waals surface area (Å²) >= 11 is 12.3. The van der Waals surface area contributed by atoms with Crippen molar-refractivity contribution in [2.24, 2.45) is 0 Å². The van der Waals surface area contributed by atoms with Crippen LogP contribution in [0.3, 0.4) is 0 Å². The van der Waals surface area contributed by atoms with Crippen molar-refractivity contribution in [2.75, 3.05) is 41.9 Å². The quantitative estimate of drug-likeness (QED) is 0.441. The Hall–Kier alpha value is -2.74. The first kappa shape index (κ1) is 25.4. The summed E-state index contributed by atoms with van der Waals surface area (Å²) in [5, 5.41) is 0.575. The lowest BCUT2D eigenvalue weighted by Crippen LogP contribution is -2.52. The number of piperazine rings is 1. The maximum absolute atomic E-state index is 13.5. The second-order valence-corrected chi connectivity index (χ2v) is 11.3. The molecule has 0 radical (unpaired) electrons. The van der Waals surface area contributed by atoms with Crippen LogP contribution in [0.25, 0.3) is 0 Å². The molecule has 0 aliphatic carbocycles. The fourth-order valence-corrected chi connectivity index (χ4v) is 6.15. The van der Waals surface area contributed by atoms with Gasteiger partial charge in [-0.1, -0.05) is 53.5 Å². The number of aryl methyl sites for hydroxylation is 1. The van der Waals surface area contributed by atoms with E-state index >= 15 is 0 Å². The van der Waals surface area contributed by atoms with Gasteiger partial charge in [-0.25, -0.2) is 8.42 Å². The van der Waals surface area contributed by atoms with Gasteiger partial charge in [0.25, 0.3) is 10.0 Å². The van der Waals surface area contributed by atoms with Crippen LogP contribution < -0.4 is 9.21 Å². The first-order valence-electron chi connectivity index (χ1n) is 11.3. The molecule has 0 bridgehead atoms. The lowest BCUT2D eigenvalue weighted by atomic mass is 10.1. The van der Waals surface area contributed by atoms with Gasteiger partial charge in [-0.05, 0) is 61.4 Å². The summed E-state index contributed by atoms with van der Waals surface area (Å²) in [6.07, 6.45) is 0. The normalized spacial score (nSPS) is 14.2. The number of rotatable bonds is 6. The lowest BCUT2D eigenvalue weighted by molar-refractivity contribution is -0.129. The molecule has 3 aromatic carbocycles. The van der Waals surface area contributed by atoms with E-state index in [0.29, 0.717) is 26.2 Å². The highest BCUT2D eigenvalue weighted by Crippen LogP contribution is 2.30. The number of anilines is 2. The molecule has 1 aliphatic rings. The van der Waals surface area contributed by atoms with Crippen LogP contribution in [0.2, 0.25) is 10.0 Å². The van der Waals surface area contributed by atoms with E-state index in [1.54, 1.807) is 23.1 Å². The summed E-state index contributed by atoms with van der Waals surface area (Å²) in [6.45, 7) is 6.18. The number of nitrogens with zero attached hydrogens (tertiary/aromatic N) is 3. The van der Waals surface area contributed by atoms with E-state index in [9.17, 15) is 13.2 Å². The molecule has 0 atom stereocenters. The molecule has 1 heterocycles. The highest BCUT2D eigenvalue weighted by Gasteiger charge is 2.31. The van der Waals surface area contributed by atoms with Gasteiger partial charge in [0.15, 0.2) is 0 Å². The van der Waals surface area contributed by atoms with Crippen molar-refractivity contribution in [3.63, 3.8) is 0 Å². The Morgan fingerprint density at radius 3 is 2.14 bits per heavy atom. The Morgan fingerprint density at radius 2 is 1.51 bits per heavy atom. The van der Waals surface area contributed by atoms with Gasteiger partial charge in [0, 0.05) is 41.9 Å². The first-order valence-corrected chi connectivity index (χ1v) is 13.5. The van der Waals surface area contributed by atoms with Crippen LogP contribution >= 0.6 is 23.2 Å². The summed E-state index contributed by atoms with van der Waals surface area (Å²) in [4.78, 5) is 17.4. The third-order valence-electron chi connectivity index (χ3n) is 6.29. The van der Waals surface area contributed by atoms with Gasteiger partial charge >= 0.3 is 0 Å². The minimum absolute atomic E-state index is 0.0867. The van der Waals surface area contributed by atoms with Crippen molar-refractivity contribution < 1.29 is 13.2 Å². The van der Waals surface area contributed by atoms with Crippen LogP contribution in [-0.4, -0.2) is 51.9 Å². The number of halogens is 2. The molecule has 3 aromatic rings. The van der Waals surface area contributed by atoms with E-state index in [4.69, 9.17) is 23.2 Å². The fraction of sp³-hybridized carbons (Fsp3) is 0.269. The highest BCUT2D eigenvalue weighted by atomic mass is 35.5. The summed E-state index contributed by atoms with van der Waals surface area (Å²) in [5.41, 5.74) is 3.86. The Balaban J connectivity index is 1.56. The molecule has 6 nitrogen and oxygen atoms in total. The number of amides is 1. The van der Waals surface area contributed by atoms with Crippen molar-refractivity contribution in [2.45, 2.75) is 18.7 Å². The molecule has 0 unspecified atom stereocenters. The van der Waals surface area contributed by atoms with E-state index in [2.05, 4.69) is 30.9 Å². The maximum atomic E-state index is 13.5. The summed E-state index contributed by atoms with van der Waals surface area (Å²) in [7, 11) is -4.03. The number of benzene rings is 3. The molecule has 0 aromatic heterocycles. The molecule has 1 fully saturated rings. The molecule has 0 N–H and O–H groups in total. The van der Waals surface area contributed by atoms with E-state index in [1.165, 1.54) is 47.1 Å². The zero-order chi connectivity index (χ0) is 25.2. The minimum Gasteiger partial charge on any atom is -0.368 e. The molecule has 1 aliphatic heterocycles. The van der Waals surface area contributed by atoms with Gasteiger partial charge in [0.2, 0.25) is 5.91 Å². The minimum atomic E-state index is -4.03. The molecule has 1 saturated heterocycles. The molecule has 4 rings (SSSR count). The van der Waals surface area contributed by atoms with E-state index in [0.717, 1.165) is 4.31 Å². The highest BCUT2D eigenvalue weighted by molar-refractivity contribution is 7.92. The zero-order valence-electron chi connectivity index (χ0n) is 19.6. The van der Waals surface area contributed by atoms with Crippen LogP contribution in [0.4, 0.5) is 11.4 Å². The Labute approximate surface area is 216 Å². The van der Waals surface area contributed by atoms with Crippen molar-refractivity contribution in [1.29, 1.82) is 0 Å². The average molecular weight is 532 g/mol. The van der Waals surface area contributed by atoms with E-state index in [1.807, 2.05) is 6.07 Å². The van der Waals surface area contributed by atoms with Crippen LogP contribution in [0.1, 0.15) is 11.1 Å². The molecule has 9 heteroatoms. The van der Waals surface area contributed by atoms with Gasteiger partial charge in [0.1, 0.15) is 6.54 Å². The average Bonchev–Trinajstić information content (AvgIpc) is 2.84. The predicted molar refractivity (Wildman–Crippen MR) is 142 cm³/mol. The van der Waals surface area contributed by atoms with Crippen LogP contribution in [0.15, 0.2) is 71.6 Å². The molecule has 184 valence electrons. The standard InChI is InChI=1S/C26H27Cl2N3O3S/c1-19-7-6-10-25(20(19)2)29-11-13-30(14-12-29)26(32)18-31(23-16-21(27)15-22(28)17-23)35(33,34)24-8-4-3-5-9-24/h3-10,15-17H,11-14,18H2,1-2H3. The monoisotopic (exact) mass is 531 g/mol. The second kappa shape index (κ2) is 10.5. The summed E-state index contributed by atoms with van der Waals surface area (Å²) < 4.78 is 28.2. The van der Waals surface area contributed by atoms with Gasteiger partial charge in [-0.2, -0.15) is 0 Å². The molecule has 1 amide bonds. The van der Waals surface area contributed by atoms with E-state index < -0.39 is 10.0 Å². The summed E-state index contributed by atoms with van der Waals surface area (Å²) in [6, 6.07) is 18.8. The molecule has 0 saturated carbocycles. The predicted octanol–water partition coefficient (Wildman–Crippen LogP) is 5.15. The summed E-state index contributed by atoms with van der Waals surface area (Å²) in [5.74, 6) is -0.277. The number of carbonyl (C=O) groups is 1. The molecular weight excluding hydrogens is 505 g/mol. The third-order valence-corrected chi connectivity index (χ3v) is 8.52. The van der Waals surface area contributed by atoms with Crippen molar-refractivity contribution in [1.82, 2.24) is 4.90 Å². The second-order valence-electron chi connectivity index (χ2n) is 8.54. The maximum Gasteiger partial charge on any atom is 0.264 e. The molecular formula is C26H27Cl2N3O3S. The zero-order valence-corrected chi connectivity index (χ0v) is 21.9.